The average Bonchev–Trinajstić information content (AvgIpc) is 2.73. The summed E-state index contributed by atoms with van der Waals surface area (Å²) in [6, 6.07) is 12.2. The van der Waals surface area contributed by atoms with Gasteiger partial charge in [-0.15, -0.1) is 11.8 Å². The summed E-state index contributed by atoms with van der Waals surface area (Å²) in [6.45, 7) is 6.62. The lowest BCUT2D eigenvalue weighted by Crippen LogP contribution is -2.48. The molecule has 0 radical (unpaired) electrons. The van der Waals surface area contributed by atoms with Gasteiger partial charge in [-0.1, -0.05) is 72.9 Å². The van der Waals surface area contributed by atoms with Gasteiger partial charge in [0.1, 0.15) is 6.04 Å². The first-order chi connectivity index (χ1) is 14.7. The minimum Gasteiger partial charge on any atom is -0.354 e. The van der Waals surface area contributed by atoms with Crippen LogP contribution in [0, 0.1) is 5.92 Å². The number of carbonyl (C=O) groups is 2. The molecule has 168 valence electrons. The van der Waals surface area contributed by atoms with E-state index in [2.05, 4.69) is 5.32 Å². The van der Waals surface area contributed by atoms with E-state index in [0.29, 0.717) is 33.3 Å². The zero-order valence-electron chi connectivity index (χ0n) is 17.8. The van der Waals surface area contributed by atoms with E-state index in [1.807, 2.05) is 38.1 Å². The molecule has 4 nitrogen and oxygen atoms in total. The van der Waals surface area contributed by atoms with Crippen molar-refractivity contribution in [1.29, 1.82) is 0 Å². The Bertz CT molecular complexity index is 908. The van der Waals surface area contributed by atoms with Crippen molar-refractivity contribution < 1.29 is 9.59 Å². The van der Waals surface area contributed by atoms with E-state index in [-0.39, 0.29) is 24.1 Å². The molecule has 0 saturated carbocycles. The maximum atomic E-state index is 13.1. The highest BCUT2D eigenvalue weighted by molar-refractivity contribution is 7.99. The van der Waals surface area contributed by atoms with Crippen molar-refractivity contribution in [2.75, 3.05) is 12.3 Å². The molecule has 0 aliphatic rings. The molecule has 0 aliphatic heterocycles. The molecule has 0 aromatic heterocycles. The van der Waals surface area contributed by atoms with Gasteiger partial charge in [-0.25, -0.2) is 0 Å². The summed E-state index contributed by atoms with van der Waals surface area (Å²) >= 11 is 19.8. The third-order valence-electron chi connectivity index (χ3n) is 4.63. The first-order valence-corrected chi connectivity index (χ1v) is 12.3. The van der Waals surface area contributed by atoms with Crippen LogP contribution < -0.4 is 5.32 Å². The Morgan fingerprint density at radius 1 is 1.00 bits per heavy atom. The van der Waals surface area contributed by atoms with Crippen LogP contribution in [0.3, 0.4) is 0 Å². The van der Waals surface area contributed by atoms with Crippen molar-refractivity contribution >= 4 is 58.4 Å². The molecule has 0 unspecified atom stereocenters. The number of halogens is 3. The van der Waals surface area contributed by atoms with E-state index in [1.54, 1.807) is 30.0 Å². The van der Waals surface area contributed by atoms with Crippen molar-refractivity contribution in [3.05, 3.63) is 68.7 Å². The molecule has 1 N–H and O–H groups in total. The predicted molar refractivity (Wildman–Crippen MR) is 132 cm³/mol. The van der Waals surface area contributed by atoms with E-state index in [9.17, 15) is 9.59 Å². The quantitative estimate of drug-likeness (QED) is 0.430. The molecule has 1 atom stereocenters. The molecular weight excluding hydrogens is 475 g/mol. The first kappa shape index (κ1) is 25.9. The normalized spacial score (nSPS) is 12.0. The third kappa shape index (κ3) is 8.23. The summed E-state index contributed by atoms with van der Waals surface area (Å²) in [5.74, 6) is 0.856. The Labute approximate surface area is 203 Å². The maximum absolute atomic E-state index is 13.1. The highest BCUT2D eigenvalue weighted by atomic mass is 35.5. The van der Waals surface area contributed by atoms with Crippen LogP contribution in [0.5, 0.6) is 0 Å². The van der Waals surface area contributed by atoms with Crippen molar-refractivity contribution in [3.63, 3.8) is 0 Å². The highest BCUT2D eigenvalue weighted by Crippen LogP contribution is 2.25. The lowest BCUT2D eigenvalue weighted by Gasteiger charge is -2.29. The predicted octanol–water partition coefficient (Wildman–Crippen LogP) is 6.07. The molecular formula is C23H27Cl3N2O2S. The number of thioether (sulfide) groups is 1. The van der Waals surface area contributed by atoms with Crippen molar-refractivity contribution in [2.45, 2.75) is 39.1 Å². The Kier molecular flexibility index (Phi) is 10.5. The van der Waals surface area contributed by atoms with Gasteiger partial charge in [0.2, 0.25) is 11.8 Å². The molecule has 2 rings (SSSR count). The number of amides is 2. The van der Waals surface area contributed by atoms with Crippen LogP contribution in [-0.2, 0) is 21.9 Å². The highest BCUT2D eigenvalue weighted by Gasteiger charge is 2.26. The lowest BCUT2D eigenvalue weighted by atomic mass is 10.1. The fourth-order valence-corrected chi connectivity index (χ4v) is 4.19. The molecule has 8 heteroatoms. The minimum atomic E-state index is -0.618. The van der Waals surface area contributed by atoms with Crippen LogP contribution in [-0.4, -0.2) is 35.1 Å². The number of nitrogens with one attached hydrogen (secondary N) is 1. The van der Waals surface area contributed by atoms with Gasteiger partial charge in [0.15, 0.2) is 0 Å². The molecule has 0 aliphatic carbocycles. The van der Waals surface area contributed by atoms with E-state index in [4.69, 9.17) is 34.8 Å². The second-order valence-electron chi connectivity index (χ2n) is 7.67. The van der Waals surface area contributed by atoms with E-state index >= 15 is 0 Å². The fourth-order valence-electron chi connectivity index (χ4n) is 2.81. The van der Waals surface area contributed by atoms with Crippen LogP contribution >= 0.6 is 46.6 Å². The van der Waals surface area contributed by atoms with Crippen molar-refractivity contribution in [1.82, 2.24) is 10.2 Å². The average molecular weight is 502 g/mol. The molecule has 0 spiro atoms. The fraction of sp³-hybridized carbons (Fsp3) is 0.391. The second kappa shape index (κ2) is 12.6. The summed E-state index contributed by atoms with van der Waals surface area (Å²) in [5.41, 5.74) is 1.78. The van der Waals surface area contributed by atoms with Gasteiger partial charge in [-0.3, -0.25) is 9.59 Å². The summed E-state index contributed by atoms with van der Waals surface area (Å²) in [4.78, 5) is 27.3. The van der Waals surface area contributed by atoms with Crippen molar-refractivity contribution in [2.24, 2.45) is 5.92 Å². The van der Waals surface area contributed by atoms with E-state index < -0.39 is 6.04 Å². The number of nitrogens with zero attached hydrogens (tertiary/aromatic N) is 1. The van der Waals surface area contributed by atoms with Gasteiger partial charge in [-0.2, -0.15) is 0 Å². The van der Waals surface area contributed by atoms with Crippen LogP contribution in [0.4, 0.5) is 0 Å². The Hall–Kier alpha value is -1.40. The summed E-state index contributed by atoms with van der Waals surface area (Å²) < 4.78 is 0. The Morgan fingerprint density at radius 2 is 1.71 bits per heavy atom. The Morgan fingerprint density at radius 3 is 2.35 bits per heavy atom. The smallest absolute Gasteiger partial charge is 0.242 e. The third-order valence-corrected chi connectivity index (χ3v) is 6.72. The number of rotatable bonds is 10. The van der Waals surface area contributed by atoms with Crippen LogP contribution in [0.1, 0.15) is 31.9 Å². The van der Waals surface area contributed by atoms with Gasteiger partial charge < -0.3 is 10.2 Å². The number of benzene rings is 2. The number of carbonyl (C=O) groups excluding carboxylic acids is 2. The Balaban J connectivity index is 2.08. The summed E-state index contributed by atoms with van der Waals surface area (Å²) in [7, 11) is 0. The molecule has 0 saturated heterocycles. The summed E-state index contributed by atoms with van der Waals surface area (Å²) in [6.07, 6.45) is 0. The first-order valence-electron chi connectivity index (χ1n) is 10.0. The van der Waals surface area contributed by atoms with E-state index in [1.165, 1.54) is 11.8 Å². The zero-order valence-corrected chi connectivity index (χ0v) is 20.9. The topological polar surface area (TPSA) is 49.4 Å². The molecule has 0 heterocycles. The van der Waals surface area contributed by atoms with Gasteiger partial charge in [0.25, 0.3) is 0 Å². The molecule has 2 aromatic rings. The molecule has 2 aromatic carbocycles. The largest absolute Gasteiger partial charge is 0.354 e. The number of hydrogen-bond acceptors (Lipinski definition) is 3. The standard InChI is InChI=1S/C23H27Cl3N2O2S/c1-15(2)11-27-23(30)16(3)28(12-18-6-4-5-7-19(18)24)22(29)14-31-13-17-8-9-20(25)21(26)10-17/h4-10,15-16H,11-14H2,1-3H3,(H,27,30)/t16-/m1/s1. The van der Waals surface area contributed by atoms with E-state index in [0.717, 1.165) is 11.1 Å². The lowest BCUT2D eigenvalue weighted by molar-refractivity contribution is -0.138. The van der Waals surface area contributed by atoms with Gasteiger partial charge in [0.05, 0.1) is 15.8 Å². The van der Waals surface area contributed by atoms with Gasteiger partial charge in [0, 0.05) is 23.9 Å². The van der Waals surface area contributed by atoms with Crippen LogP contribution in [0.25, 0.3) is 0 Å². The monoisotopic (exact) mass is 500 g/mol. The number of hydrogen-bond donors (Lipinski definition) is 1. The van der Waals surface area contributed by atoms with Crippen LogP contribution in [0.15, 0.2) is 42.5 Å². The zero-order chi connectivity index (χ0) is 23.0. The molecule has 2 amide bonds. The SMILES string of the molecule is CC(C)CNC(=O)[C@@H](C)N(Cc1ccccc1Cl)C(=O)CSCc1ccc(Cl)c(Cl)c1. The molecule has 31 heavy (non-hydrogen) atoms. The molecule has 0 fully saturated rings. The maximum Gasteiger partial charge on any atom is 0.242 e. The van der Waals surface area contributed by atoms with Crippen LogP contribution in [0.2, 0.25) is 15.1 Å². The van der Waals surface area contributed by atoms with Gasteiger partial charge in [-0.05, 0) is 42.2 Å². The van der Waals surface area contributed by atoms with Crippen molar-refractivity contribution in [3.8, 4) is 0 Å². The minimum absolute atomic E-state index is 0.128. The van der Waals surface area contributed by atoms with Gasteiger partial charge >= 0.3 is 0 Å². The molecule has 0 bridgehead atoms. The summed E-state index contributed by atoms with van der Waals surface area (Å²) in [5, 5.41) is 4.47. The second-order valence-corrected chi connectivity index (χ2v) is 9.88.